The lowest BCUT2D eigenvalue weighted by Gasteiger charge is -1.86. The first kappa shape index (κ1) is 12.7. The van der Waals surface area contributed by atoms with Crippen LogP contribution in [0.15, 0.2) is 36.7 Å². The highest BCUT2D eigenvalue weighted by Crippen LogP contribution is 1.98. The summed E-state index contributed by atoms with van der Waals surface area (Å²) in [5, 5.41) is 4.04. The number of fused-ring (bicyclic) bond motifs is 1. The molecule has 78 valence electrons. The molecular weight excluding hydrogens is 172 g/mol. The van der Waals surface area contributed by atoms with Gasteiger partial charge in [0.2, 0.25) is 0 Å². The molecule has 2 rings (SSSR count). The van der Waals surface area contributed by atoms with Crippen LogP contribution in [0.4, 0.5) is 0 Å². The molecule has 0 spiro atoms. The van der Waals surface area contributed by atoms with E-state index in [2.05, 4.69) is 18.9 Å². The maximum atomic E-state index is 4.04. The first-order chi connectivity index (χ1) is 6.88. The second-order valence-electron chi connectivity index (χ2n) is 2.61. The van der Waals surface area contributed by atoms with E-state index in [4.69, 9.17) is 0 Å². The van der Waals surface area contributed by atoms with Crippen LogP contribution in [0.1, 0.15) is 34.1 Å². The Morgan fingerprint density at radius 2 is 1.79 bits per heavy atom. The van der Waals surface area contributed by atoms with Crippen LogP contribution in [-0.2, 0) is 0 Å². The second kappa shape index (κ2) is 8.30. The summed E-state index contributed by atoms with van der Waals surface area (Å²) in [6.45, 7) is 8.25. The molecule has 0 aliphatic rings. The van der Waals surface area contributed by atoms with Gasteiger partial charge in [0.15, 0.2) is 0 Å². The van der Waals surface area contributed by atoms with Gasteiger partial charge in [-0.1, -0.05) is 40.2 Å². The van der Waals surface area contributed by atoms with E-state index in [9.17, 15) is 0 Å². The standard InChI is InChI=1S/C7H6N2.C3H8.C2H6/c1-2-6-9-7(3-1)4-5-8-9;1-3-2;1-2/h1-6H;3H2,1-2H3;1-2H3. The summed E-state index contributed by atoms with van der Waals surface area (Å²) in [5.74, 6) is 0. The summed E-state index contributed by atoms with van der Waals surface area (Å²) in [4.78, 5) is 0. The third-order valence-corrected chi connectivity index (χ3v) is 1.31. The normalized spacial score (nSPS) is 8.29. The summed E-state index contributed by atoms with van der Waals surface area (Å²) >= 11 is 0. The maximum Gasteiger partial charge on any atom is 0.0661 e. The molecule has 0 aliphatic heterocycles. The summed E-state index contributed by atoms with van der Waals surface area (Å²) < 4.78 is 1.83. The molecule has 0 unspecified atom stereocenters. The molecule has 0 fully saturated rings. The molecular formula is C12H20N2. The Morgan fingerprint density at radius 1 is 1.14 bits per heavy atom. The highest BCUT2D eigenvalue weighted by molar-refractivity contribution is 5.44. The van der Waals surface area contributed by atoms with Crippen molar-refractivity contribution in [1.29, 1.82) is 0 Å². The van der Waals surface area contributed by atoms with Gasteiger partial charge in [-0.05, 0) is 18.2 Å². The van der Waals surface area contributed by atoms with E-state index in [0.29, 0.717) is 0 Å². The van der Waals surface area contributed by atoms with E-state index in [1.165, 1.54) is 6.42 Å². The van der Waals surface area contributed by atoms with E-state index in [-0.39, 0.29) is 0 Å². The predicted octanol–water partition coefficient (Wildman–Crippen LogP) is 3.78. The Balaban J connectivity index is 0.000000294. The lowest BCUT2D eigenvalue weighted by molar-refractivity contribution is 0.961. The zero-order valence-corrected chi connectivity index (χ0v) is 9.57. The Hall–Kier alpha value is -1.31. The molecule has 0 aliphatic carbocycles. The quantitative estimate of drug-likeness (QED) is 0.621. The Morgan fingerprint density at radius 3 is 2.36 bits per heavy atom. The van der Waals surface area contributed by atoms with E-state index in [0.717, 1.165) is 5.52 Å². The van der Waals surface area contributed by atoms with E-state index in [1.807, 2.05) is 48.8 Å². The van der Waals surface area contributed by atoms with E-state index in [1.54, 1.807) is 6.20 Å². The maximum absolute atomic E-state index is 4.04. The highest BCUT2D eigenvalue weighted by Gasteiger charge is 1.85. The average molecular weight is 192 g/mol. The van der Waals surface area contributed by atoms with Crippen LogP contribution >= 0.6 is 0 Å². The van der Waals surface area contributed by atoms with Crippen molar-refractivity contribution in [1.82, 2.24) is 9.61 Å². The first-order valence-electron chi connectivity index (χ1n) is 5.26. The fourth-order valence-electron chi connectivity index (χ4n) is 0.866. The lowest BCUT2D eigenvalue weighted by atomic mass is 10.4. The summed E-state index contributed by atoms with van der Waals surface area (Å²) in [7, 11) is 0. The monoisotopic (exact) mass is 192 g/mol. The second-order valence-corrected chi connectivity index (χ2v) is 2.61. The zero-order chi connectivity index (χ0) is 10.8. The van der Waals surface area contributed by atoms with E-state index >= 15 is 0 Å². The number of pyridine rings is 1. The lowest BCUT2D eigenvalue weighted by Crippen LogP contribution is -1.81. The molecule has 0 saturated heterocycles. The number of rotatable bonds is 0. The summed E-state index contributed by atoms with van der Waals surface area (Å²) in [5.41, 5.74) is 1.14. The predicted molar refractivity (Wildman–Crippen MR) is 62.5 cm³/mol. The van der Waals surface area contributed by atoms with Gasteiger partial charge in [0.1, 0.15) is 0 Å². The van der Waals surface area contributed by atoms with Gasteiger partial charge in [0.05, 0.1) is 5.52 Å². The number of hydrogen-bond donors (Lipinski definition) is 0. The largest absolute Gasteiger partial charge is 0.241 e. The number of hydrogen-bond acceptors (Lipinski definition) is 1. The van der Waals surface area contributed by atoms with Crippen molar-refractivity contribution in [2.75, 3.05) is 0 Å². The molecule has 0 saturated carbocycles. The van der Waals surface area contributed by atoms with Crippen LogP contribution < -0.4 is 0 Å². The van der Waals surface area contributed by atoms with Crippen molar-refractivity contribution >= 4 is 5.52 Å². The molecule has 14 heavy (non-hydrogen) atoms. The van der Waals surface area contributed by atoms with Crippen molar-refractivity contribution in [3.63, 3.8) is 0 Å². The third kappa shape index (κ3) is 4.08. The summed E-state index contributed by atoms with van der Waals surface area (Å²) in [6.07, 6.45) is 4.96. The van der Waals surface area contributed by atoms with Crippen LogP contribution in [0.2, 0.25) is 0 Å². The van der Waals surface area contributed by atoms with Crippen LogP contribution in [0, 0.1) is 0 Å². The van der Waals surface area contributed by atoms with Gasteiger partial charge in [-0.2, -0.15) is 5.10 Å². The van der Waals surface area contributed by atoms with Gasteiger partial charge in [0.25, 0.3) is 0 Å². The first-order valence-corrected chi connectivity index (χ1v) is 5.26. The molecule has 2 heterocycles. The van der Waals surface area contributed by atoms with Crippen molar-refractivity contribution in [2.45, 2.75) is 34.1 Å². The molecule has 2 heteroatoms. The van der Waals surface area contributed by atoms with Gasteiger partial charge in [-0.15, -0.1) is 0 Å². The SMILES string of the molecule is CC.CCC.c1ccn2nccc2c1. The van der Waals surface area contributed by atoms with Crippen molar-refractivity contribution in [3.8, 4) is 0 Å². The van der Waals surface area contributed by atoms with Crippen molar-refractivity contribution in [2.24, 2.45) is 0 Å². The fourth-order valence-corrected chi connectivity index (χ4v) is 0.866. The zero-order valence-electron chi connectivity index (χ0n) is 9.57. The van der Waals surface area contributed by atoms with Gasteiger partial charge < -0.3 is 0 Å². The third-order valence-electron chi connectivity index (χ3n) is 1.31. The van der Waals surface area contributed by atoms with E-state index < -0.39 is 0 Å². The van der Waals surface area contributed by atoms with Crippen LogP contribution in [-0.4, -0.2) is 9.61 Å². The molecule has 0 bridgehead atoms. The smallest absolute Gasteiger partial charge is 0.0661 e. The molecule has 0 N–H and O–H groups in total. The van der Waals surface area contributed by atoms with Crippen molar-refractivity contribution < 1.29 is 0 Å². The Bertz CT molecular complexity index is 295. The van der Waals surface area contributed by atoms with Crippen LogP contribution in [0.3, 0.4) is 0 Å². The topological polar surface area (TPSA) is 17.3 Å². The highest BCUT2D eigenvalue weighted by atomic mass is 15.2. The average Bonchev–Trinajstić information content (AvgIpc) is 2.69. The van der Waals surface area contributed by atoms with Crippen molar-refractivity contribution in [3.05, 3.63) is 36.7 Å². The van der Waals surface area contributed by atoms with Gasteiger partial charge in [-0.25, -0.2) is 4.52 Å². The van der Waals surface area contributed by atoms with Crippen LogP contribution in [0.5, 0.6) is 0 Å². The molecule has 0 aromatic carbocycles. The Kier molecular flexibility index (Phi) is 7.52. The number of aromatic nitrogens is 2. The minimum absolute atomic E-state index is 1.14. The van der Waals surface area contributed by atoms with Gasteiger partial charge in [-0.3, -0.25) is 0 Å². The minimum atomic E-state index is 1.14. The van der Waals surface area contributed by atoms with Gasteiger partial charge in [0, 0.05) is 12.4 Å². The number of nitrogens with zero attached hydrogens (tertiary/aromatic N) is 2. The molecule has 0 atom stereocenters. The molecule has 2 aromatic heterocycles. The molecule has 0 radical (unpaired) electrons. The Labute approximate surface area is 86.6 Å². The molecule has 0 amide bonds. The fraction of sp³-hybridized carbons (Fsp3) is 0.417. The molecule has 2 nitrogen and oxygen atoms in total. The van der Waals surface area contributed by atoms with Crippen LogP contribution in [0.25, 0.3) is 5.52 Å². The molecule has 2 aromatic rings. The summed E-state index contributed by atoms with van der Waals surface area (Å²) in [6, 6.07) is 7.95. The van der Waals surface area contributed by atoms with Gasteiger partial charge >= 0.3 is 0 Å². The minimum Gasteiger partial charge on any atom is -0.241 e.